The van der Waals surface area contributed by atoms with Crippen molar-refractivity contribution in [3.63, 3.8) is 0 Å². The molecular weight excluding hydrogens is 694 g/mol. The molecule has 54 heavy (non-hydrogen) atoms. The molecule has 1 heterocycles. The van der Waals surface area contributed by atoms with Gasteiger partial charge < -0.3 is 30.4 Å². The summed E-state index contributed by atoms with van der Waals surface area (Å²) < 4.78 is 5.49. The van der Waals surface area contributed by atoms with Crippen LogP contribution in [0.2, 0.25) is 0 Å². The molecule has 5 amide bonds. The lowest BCUT2D eigenvalue weighted by molar-refractivity contribution is -0.197. The summed E-state index contributed by atoms with van der Waals surface area (Å²) in [6.07, 6.45) is 0.840. The fraction of sp³-hybridized carbons (Fsp3) is 0.625. The fourth-order valence-corrected chi connectivity index (χ4v) is 6.12. The van der Waals surface area contributed by atoms with Gasteiger partial charge in [0.1, 0.15) is 17.7 Å². The van der Waals surface area contributed by atoms with Gasteiger partial charge in [0.25, 0.3) is 11.8 Å². The molecule has 14 heteroatoms. The topological polar surface area (TPSA) is 181 Å². The summed E-state index contributed by atoms with van der Waals surface area (Å²) in [6.45, 7) is 19.8. The minimum atomic E-state index is -1.28. The lowest BCUT2D eigenvalue weighted by Crippen LogP contribution is -2.61. The molecule has 0 bridgehead atoms. The van der Waals surface area contributed by atoms with Crippen molar-refractivity contribution in [2.75, 3.05) is 14.1 Å². The summed E-state index contributed by atoms with van der Waals surface area (Å²) in [6, 6.07) is 6.18. The molecule has 14 nitrogen and oxygen atoms in total. The number of ether oxygens (including phenoxy) is 1. The van der Waals surface area contributed by atoms with Crippen molar-refractivity contribution in [1.82, 2.24) is 25.9 Å². The number of hydroxylamine groups is 2. The van der Waals surface area contributed by atoms with Gasteiger partial charge in [0, 0.05) is 30.9 Å². The molecule has 1 aliphatic heterocycles. The second kappa shape index (κ2) is 18.6. The third-order valence-electron chi connectivity index (χ3n) is 9.28. The van der Waals surface area contributed by atoms with E-state index < -0.39 is 76.7 Å². The van der Waals surface area contributed by atoms with Gasteiger partial charge in [0.05, 0.1) is 18.5 Å². The van der Waals surface area contributed by atoms with Crippen molar-refractivity contribution in [3.05, 3.63) is 47.5 Å². The standard InChI is InChI=1S/C40H61N5O9/c1-24(2)28(44(13)36(51)33(38(4,5)6)43-35(50)32(41-12)40(10,11)26-17-15-14-16-18-26)23-25(3)34(49)42-27(37(52)53-39(7,8)9)19-22-31(48)54-45-29(46)20-21-30(45)47/h14-18,23-24,27-28,32-33,41H,19-22H2,1-13H3,(H,42,49)(H,43,50)/b25-23+/t27-,28+,32+,33+/m0/s1. The summed E-state index contributed by atoms with van der Waals surface area (Å²) in [5.41, 5.74) is -1.07. The molecule has 0 saturated carbocycles. The molecule has 1 saturated heterocycles. The minimum absolute atomic E-state index is 0.0676. The zero-order valence-corrected chi connectivity index (χ0v) is 34.2. The van der Waals surface area contributed by atoms with Gasteiger partial charge in [-0.25, -0.2) is 9.59 Å². The highest BCUT2D eigenvalue weighted by atomic mass is 16.7. The number of carbonyl (C=O) groups excluding carboxylic acids is 7. The number of hydrogen-bond donors (Lipinski definition) is 3. The SMILES string of the molecule is CN[C@H](C(=O)N[C@H](C(=O)N(C)[C@H](/C=C(\C)C(=O)N[C@@H](CCC(=O)ON1C(=O)CCC1=O)C(=O)OC(C)(C)C)C(C)C)C(C)(C)C)C(C)(C)c1ccccc1. The Morgan fingerprint density at radius 1 is 0.889 bits per heavy atom. The Bertz CT molecular complexity index is 1560. The van der Waals surface area contributed by atoms with Crippen LogP contribution in [0.3, 0.4) is 0 Å². The number of rotatable bonds is 16. The van der Waals surface area contributed by atoms with Gasteiger partial charge in [-0.05, 0) is 58.1 Å². The van der Waals surface area contributed by atoms with Crippen LogP contribution in [0.1, 0.15) is 107 Å². The van der Waals surface area contributed by atoms with Crippen LogP contribution in [0.25, 0.3) is 0 Å². The van der Waals surface area contributed by atoms with E-state index >= 15 is 0 Å². The maximum Gasteiger partial charge on any atom is 0.333 e. The third-order valence-corrected chi connectivity index (χ3v) is 9.28. The zero-order chi connectivity index (χ0) is 41.3. The van der Waals surface area contributed by atoms with E-state index in [9.17, 15) is 33.6 Å². The number of nitrogens with one attached hydrogen (secondary N) is 3. The Morgan fingerprint density at radius 2 is 1.44 bits per heavy atom. The molecule has 0 unspecified atom stereocenters. The third kappa shape index (κ3) is 12.5. The molecule has 1 aliphatic rings. The lowest BCUT2D eigenvalue weighted by atomic mass is 9.76. The molecular formula is C40H61N5O9. The van der Waals surface area contributed by atoms with Crippen LogP contribution < -0.4 is 16.0 Å². The van der Waals surface area contributed by atoms with Crippen molar-refractivity contribution < 1.29 is 43.1 Å². The predicted octanol–water partition coefficient (Wildman–Crippen LogP) is 3.73. The Labute approximate surface area is 320 Å². The number of amides is 5. The molecule has 0 spiro atoms. The molecule has 4 atom stereocenters. The van der Waals surface area contributed by atoms with E-state index in [1.165, 1.54) is 4.90 Å². The van der Waals surface area contributed by atoms with E-state index in [1.54, 1.807) is 47.9 Å². The van der Waals surface area contributed by atoms with Crippen molar-refractivity contribution in [3.8, 4) is 0 Å². The molecule has 1 fully saturated rings. The van der Waals surface area contributed by atoms with Crippen molar-refractivity contribution >= 4 is 41.5 Å². The monoisotopic (exact) mass is 755 g/mol. The van der Waals surface area contributed by atoms with Crippen LogP contribution in [0.4, 0.5) is 0 Å². The van der Waals surface area contributed by atoms with Gasteiger partial charge in [-0.2, -0.15) is 0 Å². The summed E-state index contributed by atoms with van der Waals surface area (Å²) in [7, 11) is 3.33. The van der Waals surface area contributed by atoms with Crippen molar-refractivity contribution in [1.29, 1.82) is 0 Å². The zero-order valence-electron chi connectivity index (χ0n) is 34.2. The first-order chi connectivity index (χ1) is 24.8. The Balaban J connectivity index is 2.30. The predicted molar refractivity (Wildman–Crippen MR) is 203 cm³/mol. The van der Waals surface area contributed by atoms with Gasteiger partial charge in [-0.1, -0.05) is 84.9 Å². The van der Waals surface area contributed by atoms with E-state index in [4.69, 9.17) is 9.57 Å². The number of likely N-dealkylation sites (N-methyl/N-ethyl adjacent to an activating group) is 2. The number of carbonyl (C=O) groups is 7. The van der Waals surface area contributed by atoms with Crippen LogP contribution in [0.15, 0.2) is 42.0 Å². The highest BCUT2D eigenvalue weighted by molar-refractivity contribution is 6.01. The summed E-state index contributed by atoms with van der Waals surface area (Å²) >= 11 is 0. The number of imide groups is 1. The van der Waals surface area contributed by atoms with Crippen LogP contribution >= 0.6 is 0 Å². The Hall–Kier alpha value is -4.59. The van der Waals surface area contributed by atoms with E-state index in [2.05, 4.69) is 16.0 Å². The fourth-order valence-electron chi connectivity index (χ4n) is 6.12. The first-order valence-corrected chi connectivity index (χ1v) is 18.4. The van der Waals surface area contributed by atoms with E-state index in [0.29, 0.717) is 5.06 Å². The van der Waals surface area contributed by atoms with E-state index in [0.717, 1.165) is 5.56 Å². The van der Waals surface area contributed by atoms with Crippen molar-refractivity contribution in [2.24, 2.45) is 11.3 Å². The minimum Gasteiger partial charge on any atom is -0.458 e. The second-order valence-corrected chi connectivity index (χ2v) is 16.8. The average Bonchev–Trinajstić information content (AvgIpc) is 3.38. The highest BCUT2D eigenvalue weighted by Gasteiger charge is 2.42. The summed E-state index contributed by atoms with van der Waals surface area (Å²) in [5.74, 6) is -4.51. The normalized spacial score (nSPS) is 16.3. The quantitative estimate of drug-likeness (QED) is 0.128. The van der Waals surface area contributed by atoms with Gasteiger partial charge in [0.2, 0.25) is 17.7 Å². The maximum atomic E-state index is 14.3. The molecule has 0 radical (unpaired) electrons. The van der Waals surface area contributed by atoms with Gasteiger partial charge in [-0.15, -0.1) is 5.06 Å². The smallest absolute Gasteiger partial charge is 0.333 e. The lowest BCUT2D eigenvalue weighted by Gasteiger charge is -2.40. The van der Waals surface area contributed by atoms with Gasteiger partial charge in [0.15, 0.2) is 0 Å². The van der Waals surface area contributed by atoms with E-state index in [-0.39, 0.29) is 42.6 Å². The number of hydrogen-bond acceptors (Lipinski definition) is 10. The van der Waals surface area contributed by atoms with Crippen LogP contribution in [0, 0.1) is 11.3 Å². The van der Waals surface area contributed by atoms with Crippen LogP contribution in [-0.4, -0.2) is 95.3 Å². The summed E-state index contributed by atoms with van der Waals surface area (Å²) in [4.78, 5) is 97.6. The maximum absolute atomic E-state index is 14.3. The van der Waals surface area contributed by atoms with Crippen molar-refractivity contribution in [2.45, 2.75) is 137 Å². The molecule has 300 valence electrons. The van der Waals surface area contributed by atoms with Crippen LogP contribution in [-0.2, 0) is 48.6 Å². The molecule has 0 aromatic heterocycles. The molecule has 2 rings (SSSR count). The first-order valence-electron chi connectivity index (χ1n) is 18.4. The average molecular weight is 756 g/mol. The molecule has 0 aliphatic carbocycles. The molecule has 1 aromatic rings. The summed E-state index contributed by atoms with van der Waals surface area (Å²) in [5, 5.41) is 9.21. The van der Waals surface area contributed by atoms with Crippen LogP contribution in [0.5, 0.6) is 0 Å². The van der Waals surface area contributed by atoms with E-state index in [1.807, 2.05) is 78.8 Å². The first kappa shape index (κ1) is 45.6. The second-order valence-electron chi connectivity index (χ2n) is 16.8. The molecule has 1 aromatic carbocycles. The van der Waals surface area contributed by atoms with Gasteiger partial charge in [-0.3, -0.25) is 24.0 Å². The van der Waals surface area contributed by atoms with Gasteiger partial charge >= 0.3 is 11.9 Å². The number of benzene rings is 1. The largest absolute Gasteiger partial charge is 0.458 e. The number of nitrogens with zero attached hydrogens (tertiary/aromatic N) is 2. The Morgan fingerprint density at radius 3 is 1.93 bits per heavy atom. The number of esters is 1. The molecule has 3 N–H and O–H groups in total. The Kier molecular flexibility index (Phi) is 15.7. The highest BCUT2D eigenvalue weighted by Crippen LogP contribution is 2.29.